The summed E-state index contributed by atoms with van der Waals surface area (Å²) in [6.07, 6.45) is 3.37. The molecular weight excluding hydrogens is 360 g/mol. The average Bonchev–Trinajstić information content (AvgIpc) is 3.22. The summed E-state index contributed by atoms with van der Waals surface area (Å²) < 4.78 is 0. The highest BCUT2D eigenvalue weighted by Crippen LogP contribution is 2.24. The van der Waals surface area contributed by atoms with E-state index in [1.807, 2.05) is 18.3 Å². The van der Waals surface area contributed by atoms with Crippen LogP contribution in [0.3, 0.4) is 0 Å². The van der Waals surface area contributed by atoms with Crippen LogP contribution >= 0.6 is 11.3 Å². The van der Waals surface area contributed by atoms with Gasteiger partial charge in [0.15, 0.2) is 5.96 Å². The predicted molar refractivity (Wildman–Crippen MR) is 110 cm³/mol. The van der Waals surface area contributed by atoms with Crippen molar-refractivity contribution >= 4 is 29.0 Å². The Hall–Kier alpha value is -2.61. The number of thiophene rings is 1. The standard InChI is InChI=1S/C19H26N6OS/c1-21-19(24-13-16-5-3-11-27-16)23-12-15-4-2-8-22-18(15)25-9-6-14(7-10-25)17(20)26/h2-5,8,11,14H,6-7,9-10,12-13H2,1H3,(H2,20,26)(H2,21,23,24). The summed E-state index contributed by atoms with van der Waals surface area (Å²) in [6, 6.07) is 8.15. The fourth-order valence-electron chi connectivity index (χ4n) is 3.21. The molecule has 0 unspecified atom stereocenters. The summed E-state index contributed by atoms with van der Waals surface area (Å²) in [4.78, 5) is 23.7. The fourth-order valence-corrected chi connectivity index (χ4v) is 3.86. The zero-order valence-electron chi connectivity index (χ0n) is 15.5. The van der Waals surface area contributed by atoms with Crippen molar-refractivity contribution in [3.8, 4) is 0 Å². The zero-order chi connectivity index (χ0) is 19.1. The van der Waals surface area contributed by atoms with Crippen LogP contribution in [0.25, 0.3) is 0 Å². The van der Waals surface area contributed by atoms with Crippen molar-refractivity contribution in [1.29, 1.82) is 0 Å². The molecule has 2 aromatic rings. The molecule has 4 N–H and O–H groups in total. The van der Waals surface area contributed by atoms with Crippen LogP contribution in [-0.4, -0.2) is 37.0 Å². The third-order valence-corrected chi connectivity index (χ3v) is 5.62. The Morgan fingerprint density at radius 3 is 2.74 bits per heavy atom. The number of nitrogens with zero attached hydrogens (tertiary/aromatic N) is 3. The molecule has 7 nitrogen and oxygen atoms in total. The lowest BCUT2D eigenvalue weighted by atomic mass is 9.96. The number of nitrogens with two attached hydrogens (primary N) is 1. The van der Waals surface area contributed by atoms with E-state index in [2.05, 4.69) is 43.0 Å². The van der Waals surface area contributed by atoms with Gasteiger partial charge in [0, 0.05) is 49.2 Å². The number of rotatable bonds is 6. The summed E-state index contributed by atoms with van der Waals surface area (Å²) in [5.41, 5.74) is 6.54. The second-order valence-corrected chi connectivity index (χ2v) is 7.54. The monoisotopic (exact) mass is 386 g/mol. The minimum absolute atomic E-state index is 0.0215. The summed E-state index contributed by atoms with van der Waals surface area (Å²) in [7, 11) is 1.77. The van der Waals surface area contributed by atoms with Crippen molar-refractivity contribution in [2.75, 3.05) is 25.0 Å². The van der Waals surface area contributed by atoms with Crippen LogP contribution in [0.15, 0.2) is 40.8 Å². The summed E-state index contributed by atoms with van der Waals surface area (Å²) in [5, 5.41) is 8.75. The van der Waals surface area contributed by atoms with Crippen LogP contribution in [-0.2, 0) is 17.9 Å². The summed E-state index contributed by atoms with van der Waals surface area (Å²) in [5.74, 6) is 1.50. The van der Waals surface area contributed by atoms with Crippen LogP contribution in [0.2, 0.25) is 0 Å². The number of amides is 1. The Balaban J connectivity index is 1.58. The Morgan fingerprint density at radius 2 is 2.07 bits per heavy atom. The number of aromatic nitrogens is 1. The van der Waals surface area contributed by atoms with Crippen molar-refractivity contribution in [1.82, 2.24) is 15.6 Å². The first-order chi connectivity index (χ1) is 13.2. The molecule has 0 atom stereocenters. The van der Waals surface area contributed by atoms with Gasteiger partial charge < -0.3 is 21.3 Å². The predicted octanol–water partition coefficient (Wildman–Crippen LogP) is 1.71. The van der Waals surface area contributed by atoms with Gasteiger partial charge in [-0.05, 0) is 30.4 Å². The Bertz CT molecular complexity index is 768. The molecule has 1 amide bonds. The highest BCUT2D eigenvalue weighted by atomic mass is 32.1. The molecule has 0 bridgehead atoms. The molecule has 1 aliphatic rings. The first-order valence-corrected chi connectivity index (χ1v) is 10.0. The fraction of sp³-hybridized carbons (Fsp3) is 0.421. The first kappa shape index (κ1) is 19.2. The lowest BCUT2D eigenvalue weighted by Gasteiger charge is -2.32. The number of aliphatic imine (C=N–C) groups is 1. The molecule has 27 heavy (non-hydrogen) atoms. The molecule has 2 aromatic heterocycles. The number of nitrogens with one attached hydrogen (secondary N) is 2. The van der Waals surface area contributed by atoms with Crippen LogP contribution in [0.5, 0.6) is 0 Å². The Morgan fingerprint density at radius 1 is 1.30 bits per heavy atom. The average molecular weight is 387 g/mol. The van der Waals surface area contributed by atoms with Gasteiger partial charge in [-0.1, -0.05) is 12.1 Å². The van der Waals surface area contributed by atoms with Crippen molar-refractivity contribution in [3.63, 3.8) is 0 Å². The second kappa shape index (κ2) is 9.36. The quantitative estimate of drug-likeness (QED) is 0.519. The molecule has 0 aliphatic carbocycles. The first-order valence-electron chi connectivity index (χ1n) is 9.12. The zero-order valence-corrected chi connectivity index (χ0v) is 16.3. The molecule has 1 aliphatic heterocycles. The maximum atomic E-state index is 11.4. The number of anilines is 1. The van der Waals surface area contributed by atoms with E-state index >= 15 is 0 Å². The third-order valence-electron chi connectivity index (χ3n) is 4.74. The van der Waals surface area contributed by atoms with E-state index in [0.717, 1.165) is 49.8 Å². The van der Waals surface area contributed by atoms with Gasteiger partial charge in [0.1, 0.15) is 5.82 Å². The van der Waals surface area contributed by atoms with E-state index in [1.165, 1.54) is 4.88 Å². The van der Waals surface area contributed by atoms with E-state index in [4.69, 9.17) is 5.73 Å². The number of carbonyl (C=O) groups is 1. The van der Waals surface area contributed by atoms with Crippen molar-refractivity contribution in [3.05, 3.63) is 46.3 Å². The van der Waals surface area contributed by atoms with Crippen LogP contribution in [0.1, 0.15) is 23.3 Å². The molecule has 0 saturated carbocycles. The minimum Gasteiger partial charge on any atom is -0.369 e. The van der Waals surface area contributed by atoms with E-state index in [0.29, 0.717) is 6.54 Å². The smallest absolute Gasteiger partial charge is 0.220 e. The summed E-state index contributed by atoms with van der Waals surface area (Å²) >= 11 is 1.72. The summed E-state index contributed by atoms with van der Waals surface area (Å²) in [6.45, 7) is 2.97. The van der Waals surface area contributed by atoms with Crippen molar-refractivity contribution in [2.45, 2.75) is 25.9 Å². The maximum Gasteiger partial charge on any atom is 0.220 e. The number of guanidine groups is 1. The molecule has 0 spiro atoms. The molecule has 3 rings (SSSR count). The van der Waals surface area contributed by atoms with E-state index in [1.54, 1.807) is 18.4 Å². The second-order valence-electron chi connectivity index (χ2n) is 6.51. The third kappa shape index (κ3) is 5.19. The lowest BCUT2D eigenvalue weighted by molar-refractivity contribution is -0.122. The van der Waals surface area contributed by atoms with Gasteiger partial charge in [0.2, 0.25) is 5.91 Å². The highest BCUT2D eigenvalue weighted by molar-refractivity contribution is 7.09. The highest BCUT2D eigenvalue weighted by Gasteiger charge is 2.24. The topological polar surface area (TPSA) is 95.6 Å². The van der Waals surface area contributed by atoms with Crippen molar-refractivity contribution in [2.24, 2.45) is 16.6 Å². The number of hydrogen-bond donors (Lipinski definition) is 3. The molecule has 144 valence electrons. The molecule has 0 radical (unpaired) electrons. The molecule has 3 heterocycles. The molecule has 8 heteroatoms. The molecule has 1 saturated heterocycles. The maximum absolute atomic E-state index is 11.4. The van der Waals surface area contributed by atoms with Crippen molar-refractivity contribution < 1.29 is 4.79 Å². The largest absolute Gasteiger partial charge is 0.369 e. The number of primary amides is 1. The number of piperidine rings is 1. The van der Waals surface area contributed by atoms with Gasteiger partial charge in [0.25, 0.3) is 0 Å². The van der Waals surface area contributed by atoms with Gasteiger partial charge >= 0.3 is 0 Å². The van der Waals surface area contributed by atoms with Gasteiger partial charge in [0.05, 0.1) is 6.54 Å². The SMILES string of the molecule is CN=C(NCc1cccs1)NCc1cccnc1N1CCC(C(N)=O)CC1. The van der Waals surface area contributed by atoms with E-state index in [9.17, 15) is 4.79 Å². The van der Waals surface area contributed by atoms with Gasteiger partial charge in [-0.3, -0.25) is 9.79 Å². The molecular formula is C19H26N6OS. The van der Waals surface area contributed by atoms with Crippen LogP contribution < -0.4 is 21.3 Å². The van der Waals surface area contributed by atoms with E-state index in [-0.39, 0.29) is 11.8 Å². The lowest BCUT2D eigenvalue weighted by Crippen LogP contribution is -2.40. The Kier molecular flexibility index (Phi) is 6.64. The number of carbonyl (C=O) groups excluding carboxylic acids is 1. The Labute approximate surface area is 163 Å². The van der Waals surface area contributed by atoms with Gasteiger partial charge in [-0.25, -0.2) is 4.98 Å². The van der Waals surface area contributed by atoms with Gasteiger partial charge in [-0.2, -0.15) is 0 Å². The molecule has 0 aromatic carbocycles. The van der Waals surface area contributed by atoms with Crippen LogP contribution in [0, 0.1) is 5.92 Å². The van der Waals surface area contributed by atoms with E-state index < -0.39 is 0 Å². The van der Waals surface area contributed by atoms with Crippen LogP contribution in [0.4, 0.5) is 5.82 Å². The molecule has 1 fully saturated rings. The number of pyridine rings is 1. The number of hydrogen-bond acceptors (Lipinski definition) is 5. The van der Waals surface area contributed by atoms with Gasteiger partial charge in [-0.15, -0.1) is 11.3 Å². The normalized spacial score (nSPS) is 15.6. The minimum atomic E-state index is -0.196.